The molecule has 180 valence electrons. The fraction of sp³-hybridized carbons (Fsp3) is 0.458. The molecule has 0 saturated carbocycles. The van der Waals surface area contributed by atoms with Crippen molar-refractivity contribution in [2.45, 2.75) is 45.2 Å². The fourth-order valence-electron chi connectivity index (χ4n) is 4.01. The number of piperidine rings is 1. The van der Waals surface area contributed by atoms with E-state index >= 15 is 0 Å². The van der Waals surface area contributed by atoms with Crippen LogP contribution in [-0.2, 0) is 16.6 Å². The summed E-state index contributed by atoms with van der Waals surface area (Å²) >= 11 is 0. The summed E-state index contributed by atoms with van der Waals surface area (Å²) in [6, 6.07) is 14.8. The number of amides is 1. The van der Waals surface area contributed by atoms with E-state index in [0.29, 0.717) is 23.7 Å². The number of rotatable bonds is 10. The maximum Gasteiger partial charge on any atom is 0.407 e. The van der Waals surface area contributed by atoms with Crippen molar-refractivity contribution in [2.24, 2.45) is 0 Å². The summed E-state index contributed by atoms with van der Waals surface area (Å²) in [6.45, 7) is 5.28. The molecule has 0 radical (unpaired) electrons. The summed E-state index contributed by atoms with van der Waals surface area (Å²) in [4.78, 5) is 15.6. The van der Waals surface area contributed by atoms with Crippen LogP contribution in [0.1, 0.15) is 38.2 Å². The smallest absolute Gasteiger partial charge is 0.407 e. The fourth-order valence-corrected chi connectivity index (χ4v) is 4.58. The minimum Gasteiger partial charge on any atom is -0.465 e. The number of likely N-dealkylation sites (tertiary alicyclic amines) is 1. The van der Waals surface area contributed by atoms with Crippen molar-refractivity contribution in [1.29, 1.82) is 0 Å². The van der Waals surface area contributed by atoms with Gasteiger partial charge in [-0.25, -0.2) is 13.2 Å². The predicted molar refractivity (Wildman–Crippen MR) is 129 cm³/mol. The molecule has 8 nitrogen and oxygen atoms in total. The van der Waals surface area contributed by atoms with Gasteiger partial charge in [0.15, 0.2) is 0 Å². The third-order valence-electron chi connectivity index (χ3n) is 5.72. The Morgan fingerprint density at radius 2 is 1.67 bits per heavy atom. The van der Waals surface area contributed by atoms with Crippen molar-refractivity contribution in [2.75, 3.05) is 30.6 Å². The van der Waals surface area contributed by atoms with Gasteiger partial charge < -0.3 is 14.7 Å². The molecule has 0 aromatic heterocycles. The Morgan fingerprint density at radius 3 is 2.18 bits per heavy atom. The number of carboxylic acid groups (broad SMARTS) is 1. The van der Waals surface area contributed by atoms with E-state index in [1.807, 2.05) is 24.3 Å². The van der Waals surface area contributed by atoms with E-state index in [1.165, 1.54) is 5.56 Å². The topological polar surface area (TPSA) is 99.2 Å². The highest BCUT2D eigenvalue weighted by molar-refractivity contribution is 7.92. The summed E-state index contributed by atoms with van der Waals surface area (Å²) in [5.41, 5.74) is 1.66. The van der Waals surface area contributed by atoms with Crippen molar-refractivity contribution in [3.8, 4) is 11.5 Å². The molecule has 33 heavy (non-hydrogen) atoms. The van der Waals surface area contributed by atoms with Crippen LogP contribution in [0.15, 0.2) is 48.5 Å². The SMILES string of the molecule is CCCCN(C(=O)O)C1CCN(Cc2ccc(Oc3ccc(NS(C)(=O)=O)cc3)cc2)CC1. The van der Waals surface area contributed by atoms with Crippen LogP contribution in [0, 0.1) is 0 Å². The lowest BCUT2D eigenvalue weighted by molar-refractivity contribution is 0.0879. The van der Waals surface area contributed by atoms with Gasteiger partial charge in [-0.05, 0) is 61.2 Å². The van der Waals surface area contributed by atoms with Gasteiger partial charge in [-0.1, -0.05) is 25.5 Å². The molecule has 1 aliphatic rings. The van der Waals surface area contributed by atoms with Crippen molar-refractivity contribution in [1.82, 2.24) is 9.80 Å². The Labute approximate surface area is 196 Å². The Kier molecular flexibility index (Phi) is 8.57. The van der Waals surface area contributed by atoms with Crippen molar-refractivity contribution in [3.63, 3.8) is 0 Å². The molecule has 3 rings (SSSR count). The minimum absolute atomic E-state index is 0.111. The minimum atomic E-state index is -3.30. The van der Waals surface area contributed by atoms with E-state index < -0.39 is 16.1 Å². The van der Waals surface area contributed by atoms with Gasteiger partial charge in [0, 0.05) is 37.9 Å². The molecule has 1 saturated heterocycles. The first-order valence-corrected chi connectivity index (χ1v) is 13.2. The number of anilines is 1. The summed E-state index contributed by atoms with van der Waals surface area (Å²) in [5.74, 6) is 1.32. The van der Waals surface area contributed by atoms with E-state index in [1.54, 1.807) is 29.2 Å². The number of ether oxygens (including phenoxy) is 1. The zero-order valence-corrected chi connectivity index (χ0v) is 20.1. The summed E-state index contributed by atoms with van der Waals surface area (Å²) in [5, 5.41) is 9.52. The number of benzene rings is 2. The largest absolute Gasteiger partial charge is 0.465 e. The molecule has 0 unspecified atom stereocenters. The van der Waals surface area contributed by atoms with Crippen LogP contribution < -0.4 is 9.46 Å². The van der Waals surface area contributed by atoms with E-state index in [0.717, 1.165) is 51.6 Å². The van der Waals surface area contributed by atoms with E-state index in [-0.39, 0.29) is 6.04 Å². The quantitative estimate of drug-likeness (QED) is 0.521. The number of nitrogens with one attached hydrogen (secondary N) is 1. The highest BCUT2D eigenvalue weighted by Gasteiger charge is 2.27. The average molecular weight is 476 g/mol. The molecule has 1 aliphatic heterocycles. The molecular formula is C24H33N3O5S. The predicted octanol–water partition coefficient (Wildman–Crippen LogP) is 4.59. The second-order valence-electron chi connectivity index (χ2n) is 8.48. The van der Waals surface area contributed by atoms with Crippen LogP contribution in [-0.4, -0.2) is 61.3 Å². The molecule has 2 N–H and O–H groups in total. The van der Waals surface area contributed by atoms with Crippen LogP contribution in [0.3, 0.4) is 0 Å². The maximum absolute atomic E-state index is 11.6. The number of hydrogen-bond acceptors (Lipinski definition) is 5. The number of unbranched alkanes of at least 4 members (excludes halogenated alkanes) is 1. The lowest BCUT2D eigenvalue weighted by Gasteiger charge is -2.37. The molecular weight excluding hydrogens is 442 g/mol. The van der Waals surface area contributed by atoms with Crippen LogP contribution in [0.2, 0.25) is 0 Å². The van der Waals surface area contributed by atoms with Gasteiger partial charge in [-0.2, -0.15) is 0 Å². The van der Waals surface area contributed by atoms with Gasteiger partial charge in [0.05, 0.1) is 6.26 Å². The van der Waals surface area contributed by atoms with Gasteiger partial charge in [0.2, 0.25) is 10.0 Å². The zero-order valence-electron chi connectivity index (χ0n) is 19.2. The molecule has 1 heterocycles. The molecule has 0 atom stereocenters. The molecule has 0 spiro atoms. The highest BCUT2D eigenvalue weighted by Crippen LogP contribution is 2.25. The Hall–Kier alpha value is -2.78. The second-order valence-corrected chi connectivity index (χ2v) is 10.2. The van der Waals surface area contributed by atoms with E-state index in [9.17, 15) is 18.3 Å². The summed E-state index contributed by atoms with van der Waals surface area (Å²) in [7, 11) is -3.30. The molecule has 2 aromatic rings. The van der Waals surface area contributed by atoms with E-state index in [2.05, 4.69) is 16.5 Å². The third-order valence-corrected chi connectivity index (χ3v) is 6.33. The monoisotopic (exact) mass is 475 g/mol. The molecule has 0 aliphatic carbocycles. The van der Waals surface area contributed by atoms with E-state index in [4.69, 9.17) is 4.74 Å². The normalized spacial score (nSPS) is 15.2. The standard InChI is InChI=1S/C24H33N3O5S/c1-3-4-15-27(24(28)29)21-13-16-26(17-14-21)18-19-5-9-22(10-6-19)32-23-11-7-20(8-12-23)25-33(2,30)31/h5-12,21,25H,3-4,13-18H2,1-2H3,(H,28,29). The zero-order chi connectivity index (χ0) is 23.8. The first kappa shape index (κ1) is 24.9. The molecule has 0 bridgehead atoms. The number of hydrogen-bond donors (Lipinski definition) is 2. The first-order valence-electron chi connectivity index (χ1n) is 11.3. The lowest BCUT2D eigenvalue weighted by Crippen LogP contribution is -2.47. The van der Waals surface area contributed by atoms with Crippen LogP contribution in [0.5, 0.6) is 11.5 Å². The molecule has 1 amide bonds. The third kappa shape index (κ3) is 7.94. The lowest BCUT2D eigenvalue weighted by atomic mass is 10.0. The molecule has 9 heteroatoms. The highest BCUT2D eigenvalue weighted by atomic mass is 32.2. The first-order chi connectivity index (χ1) is 15.7. The van der Waals surface area contributed by atoms with Gasteiger partial charge in [-0.15, -0.1) is 0 Å². The van der Waals surface area contributed by atoms with Crippen molar-refractivity contribution < 1.29 is 23.1 Å². The summed E-state index contributed by atoms with van der Waals surface area (Å²) < 4.78 is 30.9. The Bertz CT molecular complexity index is 1000. The van der Waals surface area contributed by atoms with Crippen LogP contribution in [0.25, 0.3) is 0 Å². The van der Waals surface area contributed by atoms with Crippen molar-refractivity contribution in [3.05, 3.63) is 54.1 Å². The number of nitrogens with zero attached hydrogens (tertiary/aromatic N) is 2. The second kappa shape index (κ2) is 11.4. The Morgan fingerprint density at radius 1 is 1.09 bits per heavy atom. The average Bonchev–Trinajstić information content (AvgIpc) is 2.77. The van der Waals surface area contributed by atoms with Crippen LogP contribution >= 0.6 is 0 Å². The number of carbonyl (C=O) groups is 1. The Balaban J connectivity index is 1.48. The van der Waals surface area contributed by atoms with Crippen LogP contribution in [0.4, 0.5) is 10.5 Å². The van der Waals surface area contributed by atoms with Gasteiger partial charge in [0.1, 0.15) is 11.5 Å². The molecule has 2 aromatic carbocycles. The van der Waals surface area contributed by atoms with Crippen molar-refractivity contribution >= 4 is 21.8 Å². The summed E-state index contributed by atoms with van der Waals surface area (Å²) in [6.07, 6.45) is 3.93. The molecule has 1 fully saturated rings. The van der Waals surface area contributed by atoms with Gasteiger partial charge in [0.25, 0.3) is 0 Å². The van der Waals surface area contributed by atoms with Gasteiger partial charge >= 0.3 is 6.09 Å². The van der Waals surface area contributed by atoms with Gasteiger partial charge in [-0.3, -0.25) is 9.62 Å². The number of sulfonamides is 1. The maximum atomic E-state index is 11.6.